The number of ether oxygens (including phenoxy) is 6. The Kier molecular flexibility index (Phi) is 12.9. The van der Waals surface area contributed by atoms with Crippen LogP contribution < -0.4 is 0 Å². The predicted octanol–water partition coefficient (Wildman–Crippen LogP) is 2.41. The number of fused-ring (bicyclic) bond motifs is 6. The van der Waals surface area contributed by atoms with Gasteiger partial charge in [-0.15, -0.1) is 0 Å². The molecular weight excluding hydrogens is 843 g/mol. The van der Waals surface area contributed by atoms with Gasteiger partial charge in [-0.05, 0) is 38.1 Å². The Labute approximate surface area is 333 Å². The van der Waals surface area contributed by atoms with Crippen LogP contribution in [0.25, 0.3) is 22.5 Å². The second kappa shape index (κ2) is 17.2. The van der Waals surface area contributed by atoms with Gasteiger partial charge in [0, 0.05) is 11.1 Å². The van der Waals surface area contributed by atoms with Gasteiger partial charge in [0.15, 0.2) is 0 Å². The van der Waals surface area contributed by atoms with Gasteiger partial charge in [0.05, 0.1) is 75.3 Å². The number of hydrogen-bond acceptors (Lipinski definition) is 18. The Morgan fingerprint density at radius 3 is 1.14 bits per heavy atom. The molecule has 0 spiro atoms. The molecule has 291 valence electrons. The first-order chi connectivity index (χ1) is 26.7. The smallest absolute Gasteiger partial charge is 0.465 e. The number of methoxy groups -OCH3 is 4. The number of nitrogens with zero attached hydrogens (tertiary/aromatic N) is 2. The van der Waals surface area contributed by atoms with E-state index in [0.717, 1.165) is 40.6 Å². The fraction of sp³-hybridized carbons (Fsp3) is 0.222. The molecule has 0 bridgehead atoms. The molecule has 21 heteroatoms. The molecule has 2 N–H and O–H groups in total. The summed E-state index contributed by atoms with van der Waals surface area (Å²) < 4.78 is 28.4. The van der Waals surface area contributed by atoms with Crippen molar-refractivity contribution < 1.29 is 96.5 Å². The summed E-state index contributed by atoms with van der Waals surface area (Å²) in [7, 11) is 4.43. The van der Waals surface area contributed by atoms with E-state index >= 15 is 0 Å². The zero-order valence-electron chi connectivity index (χ0n) is 30.5. The minimum atomic E-state index is -1.03. The Balaban J connectivity index is 0.000000248. The van der Waals surface area contributed by atoms with Crippen molar-refractivity contribution in [3.05, 3.63) is 80.7 Å². The molecule has 0 atom stereocenters. The second-order valence-electron chi connectivity index (χ2n) is 11.2. The number of pyridine rings is 2. The van der Waals surface area contributed by atoms with E-state index < -0.39 is 70.3 Å². The molecule has 1 radical (unpaired) electrons. The number of Topliss-reactive ketones (excluding diaryl/α,β-unsaturated/α-hetero) is 4. The molecule has 0 saturated carbocycles. The number of carbonyl (C=O) groups is 10. The first-order valence-corrected chi connectivity index (χ1v) is 16.1. The average molecular weight is 872 g/mol. The summed E-state index contributed by atoms with van der Waals surface area (Å²) in [5.74, 6) is -8.99. The van der Waals surface area contributed by atoms with E-state index in [1.165, 1.54) is 12.1 Å². The van der Waals surface area contributed by atoms with Crippen molar-refractivity contribution in [1.29, 1.82) is 0 Å². The normalized spacial score (nSPS) is 11.9. The molecule has 0 saturated heterocycles. The van der Waals surface area contributed by atoms with E-state index in [-0.39, 0.29) is 101 Å². The van der Waals surface area contributed by atoms with E-state index in [9.17, 15) is 47.9 Å². The molecule has 0 unspecified atom stereocenters. The summed E-state index contributed by atoms with van der Waals surface area (Å²) in [6, 6.07) is 4.53. The van der Waals surface area contributed by atoms with Crippen molar-refractivity contribution >= 4 is 58.9 Å². The maximum absolute atomic E-state index is 12.6. The summed E-state index contributed by atoms with van der Waals surface area (Å²) in [6.45, 7) is 3.42. The maximum atomic E-state index is 12.6. The van der Waals surface area contributed by atoms with Gasteiger partial charge in [-0.3, -0.25) is 19.2 Å². The summed E-state index contributed by atoms with van der Waals surface area (Å²) in [5, 5.41) is 0. The van der Waals surface area contributed by atoms with Gasteiger partial charge in [-0.25, -0.2) is 38.7 Å². The van der Waals surface area contributed by atoms with Crippen LogP contribution in [0.5, 0.6) is 0 Å². The zero-order valence-corrected chi connectivity index (χ0v) is 32.4. The van der Waals surface area contributed by atoms with E-state index in [0.29, 0.717) is 0 Å². The second-order valence-corrected chi connectivity index (χ2v) is 11.2. The van der Waals surface area contributed by atoms with E-state index in [4.69, 9.17) is 18.9 Å². The first kappa shape index (κ1) is 42.7. The molecule has 0 aliphatic heterocycles. The van der Waals surface area contributed by atoms with Crippen LogP contribution in [0.2, 0.25) is 0 Å². The number of aromatic amines is 2. The van der Waals surface area contributed by atoms with Crippen molar-refractivity contribution in [3.63, 3.8) is 0 Å². The molecule has 0 fully saturated rings. The summed E-state index contributed by atoms with van der Waals surface area (Å²) in [4.78, 5) is 136. The fourth-order valence-corrected chi connectivity index (χ4v) is 5.64. The van der Waals surface area contributed by atoms with Crippen LogP contribution in [-0.2, 0) is 48.5 Å². The molecule has 20 nitrogen and oxygen atoms in total. The third kappa shape index (κ3) is 7.65. The molecule has 57 heavy (non-hydrogen) atoms. The van der Waals surface area contributed by atoms with Crippen LogP contribution >= 0.6 is 0 Å². The van der Waals surface area contributed by atoms with E-state index in [1.54, 1.807) is 13.8 Å². The number of carbonyl (C=O) groups excluding carboxylic acids is 10. The topological polar surface area (TPSA) is 283 Å². The first-order valence-electron chi connectivity index (χ1n) is 16.1. The van der Waals surface area contributed by atoms with Crippen LogP contribution in [-0.4, -0.2) is 121 Å². The number of aromatic nitrogens is 4. The SMILES string of the molecule is CCOC(=O)c1cc2c([nH]1)-c1c(C(=O)OC)cc(C(=O)OC)nc1C(=O)C2=O.CCOC(=O)c1cc2c([nH]1)-c1c(C(=O)OC)cc(C(=O)OC)nc1C(=O)C2=O.[99Tc+4]. The van der Waals surface area contributed by atoms with Crippen molar-refractivity contribution in [2.45, 2.75) is 13.8 Å². The van der Waals surface area contributed by atoms with E-state index in [2.05, 4.69) is 29.4 Å². The van der Waals surface area contributed by atoms with Gasteiger partial charge >= 0.3 is 55.9 Å². The average Bonchev–Trinajstić information content (AvgIpc) is 3.87. The Morgan fingerprint density at radius 2 is 0.842 bits per heavy atom. The Bertz CT molecular complexity index is 2280. The monoisotopic (exact) mass is 871 g/mol. The quantitative estimate of drug-likeness (QED) is 0.146. The van der Waals surface area contributed by atoms with Gasteiger partial charge in [-0.2, -0.15) is 0 Å². The Hall–Kier alpha value is -6.99. The van der Waals surface area contributed by atoms with Crippen molar-refractivity contribution in [3.8, 4) is 22.5 Å². The summed E-state index contributed by atoms with van der Waals surface area (Å²) in [6.07, 6.45) is 0. The van der Waals surface area contributed by atoms with Crippen molar-refractivity contribution in [2.24, 2.45) is 0 Å². The molecule has 4 heterocycles. The number of rotatable bonds is 8. The van der Waals surface area contributed by atoms with Gasteiger partial charge in [-0.1, -0.05) is 0 Å². The van der Waals surface area contributed by atoms with E-state index in [1.807, 2.05) is 0 Å². The summed E-state index contributed by atoms with van der Waals surface area (Å²) >= 11 is 0. The molecule has 4 aromatic heterocycles. The molecular formula is C36H28N4O16Tc+4. The predicted molar refractivity (Wildman–Crippen MR) is 183 cm³/mol. The third-order valence-electron chi connectivity index (χ3n) is 8.10. The maximum Gasteiger partial charge on any atom is 4.00 e. The molecule has 2 aliphatic carbocycles. The van der Waals surface area contributed by atoms with Gasteiger partial charge in [0.2, 0.25) is 11.6 Å². The molecule has 2 aliphatic rings. The fourth-order valence-electron chi connectivity index (χ4n) is 5.64. The van der Waals surface area contributed by atoms with Crippen LogP contribution in [0.1, 0.15) is 118 Å². The molecule has 6 rings (SSSR count). The Morgan fingerprint density at radius 1 is 0.509 bits per heavy atom. The zero-order chi connectivity index (χ0) is 41.2. The summed E-state index contributed by atoms with van der Waals surface area (Å²) in [5.41, 5.74) is -2.30. The van der Waals surface area contributed by atoms with Crippen LogP contribution in [0, 0.1) is 0 Å². The minimum Gasteiger partial charge on any atom is -0.465 e. The minimum absolute atomic E-state index is 0. The molecule has 0 aromatic carbocycles. The number of nitrogens with one attached hydrogen (secondary N) is 2. The van der Waals surface area contributed by atoms with Crippen LogP contribution in [0.15, 0.2) is 24.3 Å². The van der Waals surface area contributed by atoms with Gasteiger partial charge in [0.25, 0.3) is 11.6 Å². The van der Waals surface area contributed by atoms with Gasteiger partial charge < -0.3 is 38.4 Å². The van der Waals surface area contributed by atoms with Crippen LogP contribution in [0.4, 0.5) is 0 Å². The third-order valence-corrected chi connectivity index (χ3v) is 8.10. The van der Waals surface area contributed by atoms with Crippen LogP contribution in [0.3, 0.4) is 0 Å². The number of hydrogen-bond donors (Lipinski definition) is 2. The largest absolute Gasteiger partial charge is 4.00 e. The number of esters is 6. The van der Waals surface area contributed by atoms with Crippen molar-refractivity contribution in [1.82, 2.24) is 19.9 Å². The standard InChI is InChI=1S/2C18H14N2O8.Tc/c2*1-4-28-18(25)10-6-8-12(19-10)11-7(16(23)26-2)5-9(17(24)27-3)20-13(11)15(22)14(8)21;/h2*5-6,19H,4H2,1-3H3;/q;;+4/i;;1+1. The molecule has 0 amide bonds. The van der Waals surface area contributed by atoms with Crippen molar-refractivity contribution in [2.75, 3.05) is 41.7 Å². The van der Waals surface area contributed by atoms with Gasteiger partial charge in [0.1, 0.15) is 34.2 Å². The number of H-pyrrole nitrogens is 2. The number of ketones is 4. The molecule has 4 aromatic rings.